The van der Waals surface area contributed by atoms with Gasteiger partial charge in [-0.2, -0.15) is 0 Å². The van der Waals surface area contributed by atoms with Gasteiger partial charge in [-0.3, -0.25) is 0 Å². The highest BCUT2D eigenvalue weighted by atomic mass is 19.1. The Hall–Kier alpha value is -4.82. The Morgan fingerprint density at radius 1 is 0.333 bits per heavy atom. The van der Waals surface area contributed by atoms with Crippen molar-refractivity contribution in [2.45, 2.75) is 85.5 Å². The zero-order valence-corrected chi connectivity index (χ0v) is 30.8. The molecule has 0 spiro atoms. The molecule has 0 bridgehead atoms. The summed E-state index contributed by atoms with van der Waals surface area (Å²) in [6.45, 7) is 8.67. The fourth-order valence-corrected chi connectivity index (χ4v) is 6.39. The first-order valence-electron chi connectivity index (χ1n) is 18.9. The van der Waals surface area contributed by atoms with E-state index in [0.29, 0.717) is 11.1 Å². The third-order valence-electron chi connectivity index (χ3n) is 9.75. The maximum Gasteiger partial charge on any atom is 0.131 e. The summed E-state index contributed by atoms with van der Waals surface area (Å²) < 4.78 is 29.3. The van der Waals surface area contributed by atoms with Crippen LogP contribution in [0.25, 0.3) is 44.5 Å². The van der Waals surface area contributed by atoms with Crippen LogP contribution in [0.4, 0.5) is 8.78 Å². The monoisotopic (exact) mass is 678 g/mol. The van der Waals surface area contributed by atoms with Gasteiger partial charge in [-0.1, -0.05) is 168 Å². The van der Waals surface area contributed by atoms with Gasteiger partial charge in [0.25, 0.3) is 0 Å². The van der Waals surface area contributed by atoms with E-state index in [2.05, 4.69) is 100 Å². The van der Waals surface area contributed by atoms with E-state index >= 15 is 0 Å². The average molecular weight is 679 g/mol. The van der Waals surface area contributed by atoms with Crippen molar-refractivity contribution < 1.29 is 8.78 Å². The van der Waals surface area contributed by atoms with Crippen molar-refractivity contribution in [2.24, 2.45) is 0 Å². The summed E-state index contributed by atoms with van der Waals surface area (Å²) in [5.41, 5.74) is 12.4. The third-order valence-corrected chi connectivity index (χ3v) is 9.75. The summed E-state index contributed by atoms with van der Waals surface area (Å²) in [5, 5.41) is 0. The van der Waals surface area contributed by atoms with Crippen molar-refractivity contribution >= 4 is 0 Å². The quantitative estimate of drug-likeness (QED) is 0.107. The van der Waals surface area contributed by atoms with Gasteiger partial charge in [0, 0.05) is 11.1 Å². The maximum absolute atomic E-state index is 14.7. The van der Waals surface area contributed by atoms with E-state index in [4.69, 9.17) is 0 Å². The molecule has 6 rings (SSSR count). The van der Waals surface area contributed by atoms with Crippen molar-refractivity contribution in [3.8, 4) is 44.5 Å². The van der Waals surface area contributed by atoms with E-state index in [1.165, 1.54) is 54.4 Å². The van der Waals surface area contributed by atoms with Crippen LogP contribution >= 0.6 is 0 Å². The average Bonchev–Trinajstić information content (AvgIpc) is 3.18. The molecule has 262 valence electrons. The predicted octanol–water partition coefficient (Wildman–Crippen LogP) is 14.5. The third kappa shape index (κ3) is 10.4. The zero-order chi connectivity index (χ0) is 36.0. The van der Waals surface area contributed by atoms with E-state index in [1.54, 1.807) is 12.1 Å². The van der Waals surface area contributed by atoms with Crippen LogP contribution in [-0.2, 0) is 25.7 Å². The number of unbranched alkanes of at least 4 members (excludes halogenated alkanes) is 3. The molecule has 0 aliphatic heterocycles. The Morgan fingerprint density at radius 2 is 0.667 bits per heavy atom. The van der Waals surface area contributed by atoms with Crippen LogP contribution in [0.1, 0.15) is 82.1 Å². The van der Waals surface area contributed by atoms with Crippen LogP contribution in [0, 0.1) is 11.6 Å². The number of aryl methyl sites for hydroxylation is 4. The van der Waals surface area contributed by atoms with E-state index < -0.39 is 0 Å². The zero-order valence-electron chi connectivity index (χ0n) is 30.8. The molecule has 0 fully saturated rings. The topological polar surface area (TPSA) is 0 Å². The molecular formula is C49H52F2. The number of rotatable bonds is 13. The summed E-state index contributed by atoms with van der Waals surface area (Å²) >= 11 is 0. The van der Waals surface area contributed by atoms with Gasteiger partial charge in [-0.15, -0.1) is 0 Å². The fourth-order valence-electron chi connectivity index (χ4n) is 6.39. The SMILES string of the molecule is CCCCCc1ccc(-c2ccc(-c3ccc(CC)cc3)c(F)c2)cc1.CCCCc1ccc(-c2ccc(-c3ccc(CC)cc3)c(F)c2)cc1. The van der Waals surface area contributed by atoms with Gasteiger partial charge >= 0.3 is 0 Å². The molecule has 0 amide bonds. The molecule has 0 atom stereocenters. The lowest BCUT2D eigenvalue weighted by atomic mass is 9.97. The lowest BCUT2D eigenvalue weighted by Crippen LogP contribution is -1.89. The first kappa shape index (κ1) is 37.4. The maximum atomic E-state index is 14.7. The van der Waals surface area contributed by atoms with Crippen LogP contribution in [0.5, 0.6) is 0 Å². The molecule has 0 unspecified atom stereocenters. The number of benzene rings is 6. The predicted molar refractivity (Wildman–Crippen MR) is 215 cm³/mol. The molecule has 2 heteroatoms. The smallest absolute Gasteiger partial charge is 0.131 e. The summed E-state index contributed by atoms with van der Waals surface area (Å²) in [6, 6.07) is 44.4. The van der Waals surface area contributed by atoms with Crippen LogP contribution in [0.15, 0.2) is 133 Å². The molecule has 0 radical (unpaired) electrons. The molecule has 0 aromatic heterocycles. The minimum atomic E-state index is -0.170. The van der Waals surface area contributed by atoms with Crippen LogP contribution in [-0.4, -0.2) is 0 Å². The lowest BCUT2D eigenvalue weighted by Gasteiger charge is -2.09. The van der Waals surface area contributed by atoms with Crippen LogP contribution in [0.3, 0.4) is 0 Å². The van der Waals surface area contributed by atoms with Gasteiger partial charge in [0.05, 0.1) is 0 Å². The Morgan fingerprint density at radius 3 is 1.02 bits per heavy atom. The van der Waals surface area contributed by atoms with E-state index in [-0.39, 0.29) is 11.6 Å². The minimum Gasteiger partial charge on any atom is -0.206 e. The van der Waals surface area contributed by atoms with E-state index in [1.807, 2.05) is 48.5 Å². The molecule has 0 saturated carbocycles. The summed E-state index contributed by atoms with van der Waals surface area (Å²) in [7, 11) is 0. The van der Waals surface area contributed by atoms with Gasteiger partial charge in [-0.05, 0) is 106 Å². The van der Waals surface area contributed by atoms with Gasteiger partial charge in [-0.25, -0.2) is 8.78 Å². The molecule has 0 heterocycles. The Labute approximate surface area is 305 Å². The molecule has 0 N–H and O–H groups in total. The van der Waals surface area contributed by atoms with Gasteiger partial charge in [0.2, 0.25) is 0 Å². The van der Waals surface area contributed by atoms with E-state index in [0.717, 1.165) is 59.1 Å². The molecule has 6 aromatic carbocycles. The number of halogens is 2. The number of hydrogen-bond donors (Lipinski definition) is 0. The molecule has 0 saturated heterocycles. The van der Waals surface area contributed by atoms with Crippen molar-refractivity contribution in [1.29, 1.82) is 0 Å². The minimum absolute atomic E-state index is 0.168. The summed E-state index contributed by atoms with van der Waals surface area (Å²) in [4.78, 5) is 0. The van der Waals surface area contributed by atoms with Gasteiger partial charge < -0.3 is 0 Å². The summed E-state index contributed by atoms with van der Waals surface area (Å²) in [6.07, 6.45) is 10.4. The number of hydrogen-bond acceptors (Lipinski definition) is 0. The van der Waals surface area contributed by atoms with Crippen molar-refractivity contribution in [2.75, 3.05) is 0 Å². The molecule has 6 aromatic rings. The second-order valence-corrected chi connectivity index (χ2v) is 13.4. The van der Waals surface area contributed by atoms with Crippen LogP contribution in [0.2, 0.25) is 0 Å². The molecule has 0 nitrogen and oxygen atoms in total. The van der Waals surface area contributed by atoms with Gasteiger partial charge in [0.1, 0.15) is 11.6 Å². The molecule has 0 aliphatic rings. The van der Waals surface area contributed by atoms with Gasteiger partial charge in [0.15, 0.2) is 0 Å². The Balaban J connectivity index is 0.000000198. The largest absolute Gasteiger partial charge is 0.206 e. The highest BCUT2D eigenvalue weighted by Crippen LogP contribution is 2.30. The Bertz CT molecular complexity index is 1930. The molecular weight excluding hydrogens is 627 g/mol. The normalized spacial score (nSPS) is 10.9. The second kappa shape index (κ2) is 19.0. The van der Waals surface area contributed by atoms with Crippen LogP contribution < -0.4 is 0 Å². The first-order valence-corrected chi connectivity index (χ1v) is 18.9. The molecule has 0 aliphatic carbocycles. The lowest BCUT2D eigenvalue weighted by molar-refractivity contribution is 0.631. The fraction of sp³-hybridized carbons (Fsp3) is 0.265. The highest BCUT2D eigenvalue weighted by molar-refractivity contribution is 5.72. The molecule has 51 heavy (non-hydrogen) atoms. The first-order chi connectivity index (χ1) is 24.9. The van der Waals surface area contributed by atoms with Crippen molar-refractivity contribution in [3.63, 3.8) is 0 Å². The standard InChI is InChI=1S/C25H27F.C24H25F/c1-3-5-6-7-20-10-12-21(13-11-20)23-16-17-24(25(26)18-23)22-14-8-19(4-2)9-15-22;1-3-5-6-19-9-11-20(12-10-19)22-15-16-23(24(25)17-22)21-13-7-18(4-2)8-14-21/h8-18H,3-7H2,1-2H3;7-17H,3-6H2,1-2H3. The van der Waals surface area contributed by atoms with Crippen molar-refractivity contribution in [3.05, 3.63) is 167 Å². The van der Waals surface area contributed by atoms with Crippen molar-refractivity contribution in [1.82, 2.24) is 0 Å². The highest BCUT2D eigenvalue weighted by Gasteiger charge is 2.09. The van der Waals surface area contributed by atoms with E-state index in [9.17, 15) is 8.78 Å². The Kier molecular flexibility index (Phi) is 13.9. The summed E-state index contributed by atoms with van der Waals surface area (Å²) in [5.74, 6) is -0.337. The second-order valence-electron chi connectivity index (χ2n) is 13.4.